The van der Waals surface area contributed by atoms with Crippen molar-refractivity contribution in [3.8, 4) is 16.9 Å². The fourth-order valence-corrected chi connectivity index (χ4v) is 3.02. The highest BCUT2D eigenvalue weighted by Crippen LogP contribution is 2.26. The fraction of sp³-hybridized carbons (Fsp3) is 0.444. The molecule has 1 aliphatic rings. The van der Waals surface area contributed by atoms with Crippen LogP contribution in [0, 0.1) is 0 Å². The van der Waals surface area contributed by atoms with E-state index in [-0.39, 0.29) is 5.95 Å². The summed E-state index contributed by atoms with van der Waals surface area (Å²) < 4.78 is 5.83. The molecule has 0 unspecified atom stereocenters. The molecule has 2 aromatic rings. The van der Waals surface area contributed by atoms with Crippen LogP contribution < -0.4 is 16.2 Å². The summed E-state index contributed by atoms with van der Waals surface area (Å²) in [7, 11) is 0. The normalized spacial score (nSPS) is 15.3. The smallest absolute Gasteiger partial charge is 0.221 e. The molecular weight excluding hydrogens is 302 g/mol. The first kappa shape index (κ1) is 16.5. The van der Waals surface area contributed by atoms with Gasteiger partial charge in [0.15, 0.2) is 0 Å². The van der Waals surface area contributed by atoms with Crippen LogP contribution in [0.2, 0.25) is 0 Å². The first-order valence-corrected chi connectivity index (χ1v) is 8.56. The van der Waals surface area contributed by atoms with Crippen LogP contribution in [0.4, 0.5) is 11.8 Å². The minimum atomic E-state index is 0.185. The van der Waals surface area contributed by atoms with Crippen molar-refractivity contribution >= 4 is 11.8 Å². The number of nitrogens with two attached hydrogens (primary N) is 2. The van der Waals surface area contributed by atoms with E-state index < -0.39 is 0 Å². The maximum absolute atomic E-state index is 5.89. The molecule has 2 heterocycles. The van der Waals surface area contributed by atoms with Gasteiger partial charge in [0.2, 0.25) is 5.95 Å². The van der Waals surface area contributed by atoms with Crippen LogP contribution in [0.15, 0.2) is 30.5 Å². The Morgan fingerprint density at radius 2 is 1.79 bits per heavy atom. The van der Waals surface area contributed by atoms with E-state index in [1.807, 2.05) is 24.3 Å². The van der Waals surface area contributed by atoms with Crippen LogP contribution in [-0.2, 0) is 0 Å². The third-order valence-electron chi connectivity index (χ3n) is 4.34. The van der Waals surface area contributed by atoms with Gasteiger partial charge in [-0.15, -0.1) is 0 Å². The Labute approximate surface area is 142 Å². The predicted molar refractivity (Wildman–Crippen MR) is 96.7 cm³/mol. The van der Waals surface area contributed by atoms with E-state index in [1.165, 1.54) is 32.4 Å². The van der Waals surface area contributed by atoms with Crippen molar-refractivity contribution in [2.24, 2.45) is 0 Å². The molecule has 6 heteroatoms. The Morgan fingerprint density at radius 1 is 1.04 bits per heavy atom. The number of nitrogens with zero attached hydrogens (tertiary/aromatic N) is 3. The lowest BCUT2D eigenvalue weighted by molar-refractivity contribution is 0.205. The highest BCUT2D eigenvalue weighted by atomic mass is 16.5. The molecule has 128 valence electrons. The molecule has 0 bridgehead atoms. The lowest BCUT2D eigenvalue weighted by Crippen LogP contribution is -2.31. The molecule has 24 heavy (non-hydrogen) atoms. The Hall–Kier alpha value is -2.34. The van der Waals surface area contributed by atoms with Gasteiger partial charge in [-0.1, -0.05) is 18.6 Å². The van der Waals surface area contributed by atoms with Crippen molar-refractivity contribution in [2.45, 2.75) is 25.7 Å². The SMILES string of the molecule is Nc1ncc(-c2ccc(OCCCN3CCCCC3)cc2)c(N)n1. The molecule has 1 fully saturated rings. The summed E-state index contributed by atoms with van der Waals surface area (Å²) in [5.74, 6) is 1.44. The van der Waals surface area contributed by atoms with E-state index in [0.29, 0.717) is 5.82 Å². The largest absolute Gasteiger partial charge is 0.494 e. The van der Waals surface area contributed by atoms with E-state index >= 15 is 0 Å². The molecule has 1 aromatic heterocycles. The zero-order valence-corrected chi connectivity index (χ0v) is 13.9. The lowest BCUT2D eigenvalue weighted by atomic mass is 10.1. The highest BCUT2D eigenvalue weighted by molar-refractivity contribution is 5.73. The minimum absolute atomic E-state index is 0.185. The van der Waals surface area contributed by atoms with E-state index in [1.54, 1.807) is 6.20 Å². The average molecular weight is 327 g/mol. The topological polar surface area (TPSA) is 90.3 Å². The molecule has 1 aliphatic heterocycles. The van der Waals surface area contributed by atoms with Crippen molar-refractivity contribution in [1.29, 1.82) is 0 Å². The second kappa shape index (κ2) is 7.97. The van der Waals surface area contributed by atoms with Crippen LogP contribution in [0.1, 0.15) is 25.7 Å². The first-order chi connectivity index (χ1) is 11.7. The van der Waals surface area contributed by atoms with Crippen molar-refractivity contribution < 1.29 is 4.74 Å². The van der Waals surface area contributed by atoms with Gasteiger partial charge >= 0.3 is 0 Å². The highest BCUT2D eigenvalue weighted by Gasteiger charge is 2.09. The van der Waals surface area contributed by atoms with Gasteiger partial charge in [-0.25, -0.2) is 4.98 Å². The van der Waals surface area contributed by atoms with Gasteiger partial charge < -0.3 is 21.1 Å². The summed E-state index contributed by atoms with van der Waals surface area (Å²) in [4.78, 5) is 10.5. The summed E-state index contributed by atoms with van der Waals surface area (Å²) >= 11 is 0. The van der Waals surface area contributed by atoms with Crippen LogP contribution in [0.5, 0.6) is 5.75 Å². The summed E-state index contributed by atoms with van der Waals surface area (Å²) in [5.41, 5.74) is 13.2. The number of hydrogen-bond donors (Lipinski definition) is 2. The zero-order valence-electron chi connectivity index (χ0n) is 13.9. The molecule has 0 spiro atoms. The van der Waals surface area contributed by atoms with E-state index in [9.17, 15) is 0 Å². The second-order valence-electron chi connectivity index (χ2n) is 6.16. The Bertz CT molecular complexity index is 653. The number of anilines is 2. The Kier molecular flexibility index (Phi) is 5.48. The van der Waals surface area contributed by atoms with Crippen molar-refractivity contribution in [3.63, 3.8) is 0 Å². The number of nitrogen functional groups attached to an aromatic ring is 2. The number of aromatic nitrogens is 2. The molecule has 1 saturated heterocycles. The fourth-order valence-electron chi connectivity index (χ4n) is 3.02. The maximum atomic E-state index is 5.89. The molecule has 0 amide bonds. The standard InChI is InChI=1S/C18H25N5O/c19-17-16(13-21-18(20)22-17)14-5-7-15(8-6-14)24-12-4-11-23-9-2-1-3-10-23/h5-8,13H,1-4,9-12H2,(H4,19,20,21,22). The number of hydrogen-bond acceptors (Lipinski definition) is 6. The molecule has 6 nitrogen and oxygen atoms in total. The molecule has 4 N–H and O–H groups in total. The van der Waals surface area contributed by atoms with Crippen LogP contribution in [-0.4, -0.2) is 41.1 Å². The van der Waals surface area contributed by atoms with Crippen molar-refractivity contribution in [2.75, 3.05) is 37.7 Å². The monoisotopic (exact) mass is 327 g/mol. The third kappa shape index (κ3) is 4.35. The van der Waals surface area contributed by atoms with Gasteiger partial charge in [0.25, 0.3) is 0 Å². The van der Waals surface area contributed by atoms with Gasteiger partial charge in [-0.3, -0.25) is 0 Å². The quantitative estimate of drug-likeness (QED) is 0.793. The maximum Gasteiger partial charge on any atom is 0.221 e. The molecule has 3 rings (SSSR count). The number of likely N-dealkylation sites (tertiary alicyclic amines) is 1. The molecule has 0 saturated carbocycles. The summed E-state index contributed by atoms with van der Waals surface area (Å²) in [5, 5.41) is 0. The van der Waals surface area contributed by atoms with Gasteiger partial charge in [-0.05, 0) is 50.0 Å². The Morgan fingerprint density at radius 3 is 2.50 bits per heavy atom. The number of ether oxygens (including phenoxy) is 1. The minimum Gasteiger partial charge on any atom is -0.494 e. The number of benzene rings is 1. The summed E-state index contributed by atoms with van der Waals surface area (Å²) in [6.45, 7) is 4.33. The van der Waals surface area contributed by atoms with E-state index in [0.717, 1.165) is 36.4 Å². The van der Waals surface area contributed by atoms with Gasteiger partial charge in [0.1, 0.15) is 11.6 Å². The van der Waals surface area contributed by atoms with Crippen LogP contribution >= 0.6 is 0 Å². The molecule has 0 aliphatic carbocycles. The zero-order chi connectivity index (χ0) is 16.8. The van der Waals surface area contributed by atoms with Crippen molar-refractivity contribution in [3.05, 3.63) is 30.5 Å². The lowest BCUT2D eigenvalue weighted by Gasteiger charge is -2.26. The van der Waals surface area contributed by atoms with Gasteiger partial charge in [0, 0.05) is 18.3 Å². The van der Waals surface area contributed by atoms with E-state index in [4.69, 9.17) is 16.2 Å². The van der Waals surface area contributed by atoms with Gasteiger partial charge in [0.05, 0.1) is 6.61 Å². The summed E-state index contributed by atoms with van der Waals surface area (Å²) in [6.07, 6.45) is 6.75. The first-order valence-electron chi connectivity index (χ1n) is 8.56. The van der Waals surface area contributed by atoms with Crippen LogP contribution in [0.25, 0.3) is 11.1 Å². The average Bonchev–Trinajstić information content (AvgIpc) is 2.60. The molecule has 1 aromatic carbocycles. The van der Waals surface area contributed by atoms with Crippen molar-refractivity contribution in [1.82, 2.24) is 14.9 Å². The molecular formula is C18H25N5O. The van der Waals surface area contributed by atoms with Crippen LogP contribution in [0.3, 0.4) is 0 Å². The summed E-state index contributed by atoms with van der Waals surface area (Å²) in [6, 6.07) is 7.83. The third-order valence-corrected chi connectivity index (χ3v) is 4.34. The predicted octanol–water partition coefficient (Wildman–Crippen LogP) is 2.56. The number of piperidine rings is 1. The van der Waals surface area contributed by atoms with Gasteiger partial charge in [-0.2, -0.15) is 4.98 Å². The Balaban J connectivity index is 1.49. The molecule has 0 radical (unpaired) electrons. The second-order valence-corrected chi connectivity index (χ2v) is 6.16. The van der Waals surface area contributed by atoms with E-state index in [2.05, 4.69) is 14.9 Å². The molecule has 0 atom stereocenters. The number of rotatable bonds is 6.